The Morgan fingerprint density at radius 3 is 2.38 bits per heavy atom. The highest BCUT2D eigenvalue weighted by Gasteiger charge is 2.35. The summed E-state index contributed by atoms with van der Waals surface area (Å²) in [7, 11) is -3.37. The van der Waals surface area contributed by atoms with Gasteiger partial charge in [0.2, 0.25) is 15.9 Å². The quantitative estimate of drug-likeness (QED) is 0.679. The van der Waals surface area contributed by atoms with Crippen molar-refractivity contribution >= 4 is 26.7 Å². The lowest BCUT2D eigenvalue weighted by molar-refractivity contribution is -0.0473. The van der Waals surface area contributed by atoms with Crippen LogP contribution < -0.4 is 4.31 Å². The van der Waals surface area contributed by atoms with Gasteiger partial charge in [-0.3, -0.25) is 4.31 Å². The molecule has 1 aromatic carbocycles. The minimum atomic E-state index is -3.37. The molecule has 2 aromatic rings. The molecule has 0 saturated heterocycles. The maximum Gasteiger partial charge on any atom is 0.248 e. The number of hydrogen-bond donors (Lipinski definition) is 0. The van der Waals surface area contributed by atoms with Gasteiger partial charge in [-0.25, -0.2) is 22.2 Å². The molecule has 0 bridgehead atoms. The summed E-state index contributed by atoms with van der Waals surface area (Å²) in [4.78, 5) is 4.83. The maximum absolute atomic E-state index is 13.6. The molecule has 0 N–H and O–H groups in total. The van der Waals surface area contributed by atoms with Gasteiger partial charge < -0.3 is 4.57 Å². The fraction of sp³-hybridized carbons (Fsp3) is 0.667. The highest BCUT2D eigenvalue weighted by Crippen LogP contribution is 2.38. The molecule has 29 heavy (non-hydrogen) atoms. The Morgan fingerprint density at radius 1 is 1.24 bits per heavy atom. The molecule has 0 spiro atoms. The average Bonchev–Trinajstić information content (AvgIpc) is 2.94. The second-order valence-corrected chi connectivity index (χ2v) is 11.1. The second-order valence-electron chi connectivity index (χ2n) is 9.20. The van der Waals surface area contributed by atoms with Crippen molar-refractivity contribution < 1.29 is 17.2 Å². The lowest BCUT2D eigenvalue weighted by Crippen LogP contribution is -2.29. The van der Waals surface area contributed by atoms with Gasteiger partial charge in [-0.2, -0.15) is 0 Å². The van der Waals surface area contributed by atoms with E-state index in [0.717, 1.165) is 16.9 Å². The van der Waals surface area contributed by atoms with E-state index in [0.29, 0.717) is 31.6 Å². The zero-order valence-electron chi connectivity index (χ0n) is 17.9. The van der Waals surface area contributed by atoms with Crippen LogP contribution in [0.4, 0.5) is 14.5 Å². The van der Waals surface area contributed by atoms with Crippen LogP contribution in [0.15, 0.2) is 18.2 Å². The van der Waals surface area contributed by atoms with E-state index in [1.54, 1.807) is 19.1 Å². The number of nitrogens with zero attached hydrogens (tertiary/aromatic N) is 3. The number of benzene rings is 1. The third-order valence-electron chi connectivity index (χ3n) is 5.66. The Bertz CT molecular complexity index is 983. The third kappa shape index (κ3) is 4.73. The molecule has 1 aromatic heterocycles. The number of imidazole rings is 1. The van der Waals surface area contributed by atoms with Crippen molar-refractivity contribution in [3.8, 4) is 0 Å². The number of hydrogen-bond acceptors (Lipinski definition) is 3. The Labute approximate surface area is 172 Å². The van der Waals surface area contributed by atoms with Crippen molar-refractivity contribution in [2.45, 2.75) is 71.3 Å². The standard InChI is InChI=1S/C21H31F2N3O2S/c1-6-26(29(5,27)28)16-7-8-18-17(13-16)24-19(20(2,3)4)25(18)14-15-9-11-21(22,23)12-10-15/h7-8,13,15H,6,9-12,14H2,1-5H3. The molecule has 3 rings (SSSR count). The molecular formula is C21H31F2N3O2S. The van der Waals surface area contributed by atoms with E-state index in [4.69, 9.17) is 4.98 Å². The van der Waals surface area contributed by atoms with Crippen LogP contribution in [0.3, 0.4) is 0 Å². The van der Waals surface area contributed by atoms with Crippen molar-refractivity contribution in [2.75, 3.05) is 17.1 Å². The van der Waals surface area contributed by atoms with E-state index < -0.39 is 15.9 Å². The van der Waals surface area contributed by atoms with Gasteiger partial charge in [0.15, 0.2) is 0 Å². The fourth-order valence-corrected chi connectivity index (χ4v) is 5.15. The Balaban J connectivity index is 2.02. The predicted octanol–water partition coefficient (Wildman–Crippen LogP) is 4.95. The SMILES string of the molecule is CCN(c1ccc2c(c1)nc(C(C)(C)C)n2CC1CCC(F)(F)CC1)S(C)(=O)=O. The van der Waals surface area contributed by atoms with E-state index in [9.17, 15) is 17.2 Å². The van der Waals surface area contributed by atoms with Crippen molar-refractivity contribution in [3.05, 3.63) is 24.0 Å². The van der Waals surface area contributed by atoms with Gasteiger partial charge >= 0.3 is 0 Å². The number of sulfonamides is 1. The smallest absolute Gasteiger partial charge is 0.248 e. The summed E-state index contributed by atoms with van der Waals surface area (Å²) < 4.78 is 54.8. The molecule has 0 unspecified atom stereocenters. The molecule has 1 heterocycles. The molecular weight excluding hydrogens is 396 g/mol. The Kier molecular flexibility index (Phi) is 5.71. The van der Waals surface area contributed by atoms with Crippen molar-refractivity contribution in [2.24, 2.45) is 5.92 Å². The molecule has 8 heteroatoms. The van der Waals surface area contributed by atoms with Gasteiger partial charge in [0.25, 0.3) is 0 Å². The minimum absolute atomic E-state index is 0.0564. The van der Waals surface area contributed by atoms with Crippen molar-refractivity contribution in [3.63, 3.8) is 0 Å². The summed E-state index contributed by atoms with van der Waals surface area (Å²) in [5.41, 5.74) is 2.01. The lowest BCUT2D eigenvalue weighted by atomic mass is 9.86. The van der Waals surface area contributed by atoms with Gasteiger partial charge in [-0.05, 0) is 43.9 Å². The van der Waals surface area contributed by atoms with Gasteiger partial charge in [-0.1, -0.05) is 20.8 Å². The summed E-state index contributed by atoms with van der Waals surface area (Å²) in [6.07, 6.45) is 2.09. The first kappa shape index (κ1) is 22.0. The molecule has 0 amide bonds. The third-order valence-corrected chi connectivity index (χ3v) is 6.93. The number of rotatable bonds is 5. The molecule has 5 nitrogen and oxygen atoms in total. The van der Waals surface area contributed by atoms with E-state index in [-0.39, 0.29) is 24.2 Å². The molecule has 1 aliphatic rings. The van der Waals surface area contributed by atoms with Crippen LogP contribution in [-0.2, 0) is 22.0 Å². The van der Waals surface area contributed by atoms with Crippen LogP contribution >= 0.6 is 0 Å². The predicted molar refractivity (Wildman–Crippen MR) is 113 cm³/mol. The zero-order valence-corrected chi connectivity index (χ0v) is 18.7. The van der Waals surface area contributed by atoms with Crippen LogP contribution in [0.1, 0.15) is 59.2 Å². The maximum atomic E-state index is 13.6. The number of alkyl halides is 2. The monoisotopic (exact) mass is 427 g/mol. The van der Waals surface area contributed by atoms with Crippen LogP contribution in [0, 0.1) is 5.92 Å². The zero-order chi connectivity index (χ0) is 21.6. The van der Waals surface area contributed by atoms with E-state index >= 15 is 0 Å². The largest absolute Gasteiger partial charge is 0.327 e. The topological polar surface area (TPSA) is 55.2 Å². The van der Waals surface area contributed by atoms with E-state index in [1.807, 2.05) is 6.07 Å². The first-order chi connectivity index (χ1) is 13.3. The number of halogens is 2. The van der Waals surface area contributed by atoms with Crippen LogP contribution in [0.2, 0.25) is 0 Å². The highest BCUT2D eigenvalue weighted by atomic mass is 32.2. The molecule has 0 radical (unpaired) electrons. The molecule has 0 atom stereocenters. The van der Waals surface area contributed by atoms with Gasteiger partial charge in [0, 0.05) is 31.3 Å². The molecule has 1 aliphatic carbocycles. The number of anilines is 1. The fourth-order valence-electron chi connectivity index (χ4n) is 4.18. The normalized spacial score (nSPS) is 18.3. The molecule has 162 valence electrons. The van der Waals surface area contributed by atoms with Crippen LogP contribution in [0.5, 0.6) is 0 Å². The van der Waals surface area contributed by atoms with Gasteiger partial charge in [-0.15, -0.1) is 0 Å². The van der Waals surface area contributed by atoms with E-state index in [2.05, 4.69) is 25.3 Å². The lowest BCUT2D eigenvalue weighted by Gasteiger charge is -2.30. The summed E-state index contributed by atoms with van der Waals surface area (Å²) >= 11 is 0. The van der Waals surface area contributed by atoms with Gasteiger partial charge in [0.05, 0.1) is 23.0 Å². The first-order valence-electron chi connectivity index (χ1n) is 10.2. The first-order valence-corrected chi connectivity index (χ1v) is 12.0. The minimum Gasteiger partial charge on any atom is -0.327 e. The van der Waals surface area contributed by atoms with E-state index in [1.165, 1.54) is 10.6 Å². The highest BCUT2D eigenvalue weighted by molar-refractivity contribution is 7.92. The van der Waals surface area contributed by atoms with Crippen molar-refractivity contribution in [1.29, 1.82) is 0 Å². The number of aromatic nitrogens is 2. The van der Waals surface area contributed by atoms with Crippen LogP contribution in [0.25, 0.3) is 11.0 Å². The van der Waals surface area contributed by atoms with Crippen molar-refractivity contribution in [1.82, 2.24) is 9.55 Å². The van der Waals surface area contributed by atoms with Gasteiger partial charge in [0.1, 0.15) is 5.82 Å². The average molecular weight is 428 g/mol. The molecule has 1 fully saturated rings. The Morgan fingerprint density at radius 2 is 1.86 bits per heavy atom. The Hall–Kier alpha value is -1.70. The summed E-state index contributed by atoms with van der Waals surface area (Å²) in [6, 6.07) is 5.51. The van der Waals surface area contributed by atoms with Crippen LogP contribution in [-0.4, -0.2) is 36.7 Å². The summed E-state index contributed by atoms with van der Waals surface area (Å²) in [5, 5.41) is 0. The summed E-state index contributed by atoms with van der Waals surface area (Å²) in [6.45, 7) is 9.03. The second kappa shape index (κ2) is 7.52. The molecule has 1 saturated carbocycles. The molecule has 0 aliphatic heterocycles. The number of fused-ring (bicyclic) bond motifs is 1. The summed E-state index contributed by atoms with van der Waals surface area (Å²) in [5.74, 6) is -1.45.